The molecule has 132 valence electrons. The van der Waals surface area contributed by atoms with Crippen LogP contribution in [0.15, 0.2) is 18.2 Å². The van der Waals surface area contributed by atoms with Crippen molar-refractivity contribution in [2.75, 3.05) is 13.2 Å². The molecular formula is C16H16FN3O5. The molecule has 4 amide bonds. The zero-order chi connectivity index (χ0) is 18.1. The van der Waals surface area contributed by atoms with Crippen LogP contribution in [-0.4, -0.2) is 53.9 Å². The van der Waals surface area contributed by atoms with Crippen molar-refractivity contribution in [2.24, 2.45) is 5.73 Å². The number of alkyl halides is 1. The fraction of sp³-hybridized carbons (Fsp3) is 0.375. The molecular weight excluding hydrogens is 333 g/mol. The lowest BCUT2D eigenvalue weighted by Crippen LogP contribution is -2.54. The van der Waals surface area contributed by atoms with E-state index in [0.717, 1.165) is 4.90 Å². The Morgan fingerprint density at radius 2 is 2.04 bits per heavy atom. The zero-order valence-electron chi connectivity index (χ0n) is 13.2. The Hall–Kier alpha value is -2.81. The largest absolute Gasteiger partial charge is 0.490 e. The normalized spacial score (nSPS) is 21.2. The van der Waals surface area contributed by atoms with Crippen LogP contribution in [0.25, 0.3) is 0 Å². The van der Waals surface area contributed by atoms with Gasteiger partial charge in [0.15, 0.2) is 0 Å². The molecule has 2 unspecified atom stereocenters. The molecule has 2 atom stereocenters. The number of nitrogens with one attached hydrogen (secondary N) is 1. The van der Waals surface area contributed by atoms with Crippen LogP contribution in [-0.2, 0) is 9.59 Å². The molecule has 0 spiro atoms. The van der Waals surface area contributed by atoms with Gasteiger partial charge in [-0.3, -0.25) is 29.4 Å². The number of hydrogen-bond donors (Lipinski definition) is 2. The van der Waals surface area contributed by atoms with Crippen LogP contribution in [0, 0.1) is 0 Å². The second-order valence-corrected chi connectivity index (χ2v) is 5.77. The highest BCUT2D eigenvalue weighted by atomic mass is 19.1. The van der Waals surface area contributed by atoms with Crippen LogP contribution in [0.5, 0.6) is 5.75 Å². The lowest BCUT2D eigenvalue weighted by Gasteiger charge is -2.27. The van der Waals surface area contributed by atoms with Crippen molar-refractivity contribution in [3.05, 3.63) is 29.3 Å². The fourth-order valence-electron chi connectivity index (χ4n) is 2.85. The quantitative estimate of drug-likeness (QED) is 0.709. The summed E-state index contributed by atoms with van der Waals surface area (Å²) >= 11 is 0. The van der Waals surface area contributed by atoms with E-state index in [4.69, 9.17) is 10.5 Å². The van der Waals surface area contributed by atoms with Crippen molar-refractivity contribution in [1.29, 1.82) is 0 Å². The van der Waals surface area contributed by atoms with Gasteiger partial charge in [-0.05, 0) is 18.6 Å². The fourth-order valence-corrected chi connectivity index (χ4v) is 2.85. The maximum absolute atomic E-state index is 13.3. The van der Waals surface area contributed by atoms with Gasteiger partial charge in [0.1, 0.15) is 24.6 Å². The highest BCUT2D eigenvalue weighted by Crippen LogP contribution is 2.33. The van der Waals surface area contributed by atoms with Crippen molar-refractivity contribution in [2.45, 2.75) is 25.1 Å². The highest BCUT2D eigenvalue weighted by molar-refractivity contribution is 6.24. The van der Waals surface area contributed by atoms with Crippen LogP contribution < -0.4 is 15.8 Å². The number of carbonyl (C=O) groups excluding carboxylic acids is 4. The Morgan fingerprint density at radius 1 is 1.28 bits per heavy atom. The maximum atomic E-state index is 13.3. The van der Waals surface area contributed by atoms with Gasteiger partial charge in [0.2, 0.25) is 11.8 Å². The predicted molar refractivity (Wildman–Crippen MR) is 82.6 cm³/mol. The number of carbonyl (C=O) groups is 4. The number of fused-ring (bicyclic) bond motifs is 1. The molecule has 0 bridgehead atoms. The number of nitrogens with zero attached hydrogens (tertiary/aromatic N) is 1. The summed E-state index contributed by atoms with van der Waals surface area (Å²) in [4.78, 5) is 49.4. The Kier molecular flexibility index (Phi) is 4.49. The first-order valence-electron chi connectivity index (χ1n) is 7.75. The molecule has 2 heterocycles. The van der Waals surface area contributed by atoms with E-state index in [0.29, 0.717) is 0 Å². The maximum Gasteiger partial charge on any atom is 0.266 e. The summed E-state index contributed by atoms with van der Waals surface area (Å²) in [6.07, 6.45) is -1.31. The summed E-state index contributed by atoms with van der Waals surface area (Å²) in [5, 5.41) is 2.12. The van der Waals surface area contributed by atoms with Crippen LogP contribution >= 0.6 is 0 Å². The number of benzene rings is 1. The number of ether oxygens (including phenoxy) is 1. The van der Waals surface area contributed by atoms with E-state index >= 15 is 0 Å². The van der Waals surface area contributed by atoms with E-state index in [1.165, 1.54) is 18.2 Å². The molecule has 8 nitrogen and oxygen atoms in total. The highest BCUT2D eigenvalue weighted by Gasteiger charge is 2.45. The minimum absolute atomic E-state index is 0.0126. The van der Waals surface area contributed by atoms with Gasteiger partial charge in [0.25, 0.3) is 11.8 Å². The second-order valence-electron chi connectivity index (χ2n) is 5.77. The SMILES string of the molecule is NCC(F)COc1cccc2c1C(=O)N(C1CCC(=O)NC1=O)C2=O. The average Bonchev–Trinajstić information content (AvgIpc) is 2.85. The lowest BCUT2D eigenvalue weighted by molar-refractivity contribution is -0.136. The molecule has 2 aliphatic heterocycles. The molecule has 0 saturated carbocycles. The zero-order valence-corrected chi connectivity index (χ0v) is 13.2. The number of hydrogen-bond acceptors (Lipinski definition) is 6. The summed E-state index contributed by atoms with van der Waals surface area (Å²) in [5.74, 6) is -2.43. The van der Waals surface area contributed by atoms with E-state index in [9.17, 15) is 23.6 Å². The molecule has 25 heavy (non-hydrogen) atoms. The van der Waals surface area contributed by atoms with E-state index in [1.807, 2.05) is 0 Å². The Balaban J connectivity index is 1.89. The summed E-state index contributed by atoms with van der Waals surface area (Å²) in [6.45, 7) is -0.586. The van der Waals surface area contributed by atoms with Crippen molar-refractivity contribution < 1.29 is 28.3 Å². The van der Waals surface area contributed by atoms with Crippen molar-refractivity contribution >= 4 is 23.6 Å². The summed E-state index contributed by atoms with van der Waals surface area (Å²) in [6, 6.07) is 3.32. The topological polar surface area (TPSA) is 119 Å². The number of piperidine rings is 1. The van der Waals surface area contributed by atoms with Gasteiger partial charge in [-0.15, -0.1) is 0 Å². The van der Waals surface area contributed by atoms with Gasteiger partial charge in [-0.2, -0.15) is 0 Å². The summed E-state index contributed by atoms with van der Waals surface area (Å²) in [7, 11) is 0. The lowest BCUT2D eigenvalue weighted by atomic mass is 10.0. The van der Waals surface area contributed by atoms with Crippen molar-refractivity contribution in [3.63, 3.8) is 0 Å². The Morgan fingerprint density at radius 3 is 2.72 bits per heavy atom. The molecule has 2 aliphatic rings. The number of imide groups is 2. The minimum Gasteiger partial charge on any atom is -0.490 e. The number of halogens is 1. The Labute approximate surface area is 142 Å². The van der Waals surface area contributed by atoms with Crippen LogP contribution in [0.3, 0.4) is 0 Å². The third-order valence-corrected chi connectivity index (χ3v) is 4.11. The third kappa shape index (κ3) is 2.98. The smallest absolute Gasteiger partial charge is 0.266 e. The monoisotopic (exact) mass is 349 g/mol. The molecule has 3 N–H and O–H groups in total. The molecule has 0 aromatic heterocycles. The van der Waals surface area contributed by atoms with Crippen molar-refractivity contribution in [3.8, 4) is 5.75 Å². The van der Waals surface area contributed by atoms with Gasteiger partial charge in [-0.25, -0.2) is 4.39 Å². The summed E-state index contributed by atoms with van der Waals surface area (Å²) in [5.41, 5.74) is 5.25. The Bertz CT molecular complexity index is 766. The molecule has 3 rings (SSSR count). The summed E-state index contributed by atoms with van der Waals surface area (Å²) < 4.78 is 18.6. The van der Waals surface area contributed by atoms with E-state index in [1.54, 1.807) is 0 Å². The molecule has 1 fully saturated rings. The molecule has 1 aromatic rings. The van der Waals surface area contributed by atoms with Gasteiger partial charge in [-0.1, -0.05) is 6.07 Å². The van der Waals surface area contributed by atoms with Gasteiger partial charge >= 0.3 is 0 Å². The average molecular weight is 349 g/mol. The first-order valence-corrected chi connectivity index (χ1v) is 7.75. The van der Waals surface area contributed by atoms with E-state index in [-0.39, 0.29) is 42.9 Å². The van der Waals surface area contributed by atoms with Crippen LogP contribution in [0.4, 0.5) is 4.39 Å². The van der Waals surface area contributed by atoms with Gasteiger partial charge in [0, 0.05) is 13.0 Å². The molecule has 1 aromatic carbocycles. The number of amides is 4. The molecule has 9 heteroatoms. The van der Waals surface area contributed by atoms with Crippen LogP contribution in [0.2, 0.25) is 0 Å². The predicted octanol–water partition coefficient (Wildman–Crippen LogP) is -0.237. The minimum atomic E-state index is -1.41. The van der Waals surface area contributed by atoms with Gasteiger partial charge < -0.3 is 10.5 Å². The van der Waals surface area contributed by atoms with Gasteiger partial charge in [0.05, 0.1) is 11.1 Å². The molecule has 0 aliphatic carbocycles. The molecule has 0 radical (unpaired) electrons. The second kappa shape index (κ2) is 6.60. The third-order valence-electron chi connectivity index (χ3n) is 4.11. The first kappa shape index (κ1) is 17.0. The van der Waals surface area contributed by atoms with E-state index < -0.39 is 35.8 Å². The van der Waals surface area contributed by atoms with Crippen molar-refractivity contribution in [1.82, 2.24) is 10.2 Å². The number of rotatable bonds is 5. The number of nitrogens with two attached hydrogens (primary N) is 1. The molecule has 1 saturated heterocycles. The van der Waals surface area contributed by atoms with Crippen LogP contribution in [0.1, 0.15) is 33.6 Å². The first-order chi connectivity index (χ1) is 11.9. The standard InChI is InChI=1S/C16H16FN3O5/c17-8(6-18)7-25-11-3-1-2-9-13(11)16(24)20(15(9)23)10-4-5-12(21)19-14(10)22/h1-3,8,10H,4-7,18H2,(H,19,21,22). The van der Waals surface area contributed by atoms with E-state index in [2.05, 4.69) is 5.32 Å².